The Hall–Kier alpha value is -1.53. The van der Waals surface area contributed by atoms with E-state index in [2.05, 4.69) is 16.8 Å². The summed E-state index contributed by atoms with van der Waals surface area (Å²) in [6.45, 7) is 2.64. The average molecular weight is 176 g/mol. The van der Waals surface area contributed by atoms with Crippen LogP contribution >= 0.6 is 0 Å². The van der Waals surface area contributed by atoms with Crippen molar-refractivity contribution >= 4 is 0 Å². The fraction of sp³-hybridized carbons (Fsp3) is 0.300. The van der Waals surface area contributed by atoms with Gasteiger partial charge >= 0.3 is 0 Å². The summed E-state index contributed by atoms with van der Waals surface area (Å²) in [5, 5.41) is 0. The van der Waals surface area contributed by atoms with E-state index < -0.39 is 0 Å². The van der Waals surface area contributed by atoms with E-state index in [0.29, 0.717) is 19.0 Å². The van der Waals surface area contributed by atoms with E-state index in [1.165, 1.54) is 0 Å². The minimum absolute atomic E-state index is 0.373. The van der Waals surface area contributed by atoms with Crippen LogP contribution in [-0.4, -0.2) is 11.6 Å². The molecule has 0 radical (unpaired) electrons. The largest absolute Gasteiger partial charge is 0.464 e. The predicted molar refractivity (Wildman–Crippen MR) is 51.1 cm³/mol. The molecule has 0 amide bonds. The number of ether oxygens (including phenoxy) is 1. The molecule has 0 atom stereocenters. The van der Waals surface area contributed by atoms with E-state index in [1.807, 2.05) is 12.1 Å². The maximum absolute atomic E-state index is 5.46. The van der Waals surface area contributed by atoms with Crippen LogP contribution in [-0.2, 0) is 6.54 Å². The highest BCUT2D eigenvalue weighted by molar-refractivity contribution is 5.20. The first-order valence-electron chi connectivity index (χ1n) is 4.04. The molecule has 1 rings (SSSR count). The van der Waals surface area contributed by atoms with Crippen LogP contribution in [0.25, 0.3) is 0 Å². The van der Waals surface area contributed by atoms with Crippen LogP contribution in [0.1, 0.15) is 12.5 Å². The third-order valence-electron chi connectivity index (χ3n) is 1.50. The van der Waals surface area contributed by atoms with Gasteiger partial charge in [0.1, 0.15) is 0 Å². The quantitative estimate of drug-likeness (QED) is 0.697. The topological polar surface area (TPSA) is 48.1 Å². The number of hydrogen-bond acceptors (Lipinski definition) is 3. The SMILES string of the molecule is CC#CCOc1cc(CN)ccn1. The average Bonchev–Trinajstić information content (AvgIpc) is 2.19. The summed E-state index contributed by atoms with van der Waals surface area (Å²) in [5.74, 6) is 6.10. The van der Waals surface area contributed by atoms with Crippen molar-refractivity contribution in [1.29, 1.82) is 0 Å². The summed E-state index contributed by atoms with van der Waals surface area (Å²) < 4.78 is 5.25. The molecule has 3 heteroatoms. The fourth-order valence-electron chi connectivity index (χ4n) is 0.839. The Morgan fingerprint density at radius 2 is 2.46 bits per heavy atom. The van der Waals surface area contributed by atoms with Gasteiger partial charge in [0.15, 0.2) is 6.61 Å². The molecule has 0 bridgehead atoms. The molecule has 1 aromatic heterocycles. The number of aromatic nitrogens is 1. The van der Waals surface area contributed by atoms with Gasteiger partial charge in [-0.25, -0.2) is 4.98 Å². The van der Waals surface area contributed by atoms with E-state index in [4.69, 9.17) is 10.5 Å². The van der Waals surface area contributed by atoms with Crippen molar-refractivity contribution in [2.24, 2.45) is 5.73 Å². The molecular formula is C10H12N2O. The molecule has 0 spiro atoms. The zero-order chi connectivity index (χ0) is 9.52. The summed E-state index contributed by atoms with van der Waals surface area (Å²) in [7, 11) is 0. The first-order valence-corrected chi connectivity index (χ1v) is 4.04. The maximum atomic E-state index is 5.46. The van der Waals surface area contributed by atoms with E-state index in [-0.39, 0.29) is 0 Å². The van der Waals surface area contributed by atoms with Crippen LogP contribution in [0.15, 0.2) is 18.3 Å². The summed E-state index contributed by atoms with van der Waals surface area (Å²) in [5.41, 5.74) is 6.47. The molecule has 0 aliphatic carbocycles. The molecule has 0 saturated carbocycles. The first-order chi connectivity index (χ1) is 6.36. The molecule has 13 heavy (non-hydrogen) atoms. The maximum Gasteiger partial charge on any atom is 0.214 e. The second-order valence-corrected chi connectivity index (χ2v) is 2.42. The van der Waals surface area contributed by atoms with Gasteiger partial charge in [0, 0.05) is 18.8 Å². The van der Waals surface area contributed by atoms with Crippen LogP contribution in [0.4, 0.5) is 0 Å². The van der Waals surface area contributed by atoms with E-state index in [1.54, 1.807) is 13.1 Å². The highest BCUT2D eigenvalue weighted by Gasteiger charge is 1.94. The highest BCUT2D eigenvalue weighted by Crippen LogP contribution is 2.07. The Labute approximate surface area is 77.9 Å². The third kappa shape index (κ3) is 3.14. The molecular weight excluding hydrogens is 164 g/mol. The molecule has 0 aliphatic heterocycles. The van der Waals surface area contributed by atoms with Crippen molar-refractivity contribution in [2.75, 3.05) is 6.61 Å². The zero-order valence-electron chi connectivity index (χ0n) is 7.58. The van der Waals surface area contributed by atoms with Gasteiger partial charge in [0.05, 0.1) is 0 Å². The van der Waals surface area contributed by atoms with Crippen molar-refractivity contribution < 1.29 is 4.74 Å². The van der Waals surface area contributed by atoms with E-state index in [0.717, 1.165) is 5.56 Å². The summed E-state index contributed by atoms with van der Waals surface area (Å²) in [4.78, 5) is 4.01. The van der Waals surface area contributed by atoms with E-state index >= 15 is 0 Å². The molecule has 2 N–H and O–H groups in total. The second kappa shape index (κ2) is 5.18. The van der Waals surface area contributed by atoms with Crippen LogP contribution in [0.3, 0.4) is 0 Å². The Bertz CT molecular complexity index is 325. The van der Waals surface area contributed by atoms with Gasteiger partial charge in [0.2, 0.25) is 5.88 Å². The monoisotopic (exact) mass is 176 g/mol. The standard InChI is InChI=1S/C10H12N2O/c1-2-3-6-13-10-7-9(8-11)4-5-12-10/h4-5,7H,6,8,11H2,1H3. The van der Waals surface area contributed by atoms with E-state index in [9.17, 15) is 0 Å². The zero-order valence-corrected chi connectivity index (χ0v) is 7.58. The third-order valence-corrected chi connectivity index (χ3v) is 1.50. The molecule has 1 heterocycles. The molecule has 0 aliphatic rings. The predicted octanol–water partition coefficient (Wildman–Crippen LogP) is 0.942. The Balaban J connectivity index is 2.59. The van der Waals surface area contributed by atoms with Gasteiger partial charge in [-0.3, -0.25) is 0 Å². The lowest BCUT2D eigenvalue weighted by Gasteiger charge is -2.01. The summed E-state index contributed by atoms with van der Waals surface area (Å²) in [6, 6.07) is 3.68. The lowest BCUT2D eigenvalue weighted by atomic mass is 10.3. The first kappa shape index (κ1) is 9.56. The summed E-state index contributed by atoms with van der Waals surface area (Å²) in [6.07, 6.45) is 1.68. The highest BCUT2D eigenvalue weighted by atomic mass is 16.5. The Morgan fingerprint density at radius 1 is 1.62 bits per heavy atom. The normalized spacial score (nSPS) is 8.77. The molecule has 3 nitrogen and oxygen atoms in total. The van der Waals surface area contributed by atoms with Gasteiger partial charge in [-0.2, -0.15) is 0 Å². The lowest BCUT2D eigenvalue weighted by molar-refractivity contribution is 0.355. The number of pyridine rings is 1. The van der Waals surface area contributed by atoms with Crippen molar-refractivity contribution in [3.05, 3.63) is 23.9 Å². The molecule has 0 aromatic carbocycles. The smallest absolute Gasteiger partial charge is 0.214 e. The van der Waals surface area contributed by atoms with Gasteiger partial charge < -0.3 is 10.5 Å². The van der Waals surface area contributed by atoms with Crippen LogP contribution < -0.4 is 10.5 Å². The molecule has 1 aromatic rings. The number of hydrogen-bond donors (Lipinski definition) is 1. The van der Waals surface area contributed by atoms with Crippen molar-refractivity contribution in [3.8, 4) is 17.7 Å². The number of nitrogens with zero attached hydrogens (tertiary/aromatic N) is 1. The van der Waals surface area contributed by atoms with Crippen LogP contribution in [0, 0.1) is 11.8 Å². The second-order valence-electron chi connectivity index (χ2n) is 2.42. The van der Waals surface area contributed by atoms with Gasteiger partial charge in [0.25, 0.3) is 0 Å². The van der Waals surface area contributed by atoms with Crippen molar-refractivity contribution in [3.63, 3.8) is 0 Å². The molecule has 0 saturated heterocycles. The summed E-state index contributed by atoms with van der Waals surface area (Å²) >= 11 is 0. The Morgan fingerprint density at radius 3 is 3.15 bits per heavy atom. The number of nitrogens with two attached hydrogens (primary N) is 1. The molecule has 68 valence electrons. The minimum atomic E-state index is 0.373. The van der Waals surface area contributed by atoms with Gasteiger partial charge in [-0.15, -0.1) is 5.92 Å². The van der Waals surface area contributed by atoms with Crippen LogP contribution in [0.2, 0.25) is 0 Å². The van der Waals surface area contributed by atoms with Crippen molar-refractivity contribution in [1.82, 2.24) is 4.98 Å². The fourth-order valence-corrected chi connectivity index (χ4v) is 0.839. The van der Waals surface area contributed by atoms with Crippen LogP contribution in [0.5, 0.6) is 5.88 Å². The number of rotatable bonds is 3. The Kier molecular flexibility index (Phi) is 3.80. The molecule has 0 unspecified atom stereocenters. The van der Waals surface area contributed by atoms with Crippen molar-refractivity contribution in [2.45, 2.75) is 13.5 Å². The minimum Gasteiger partial charge on any atom is -0.464 e. The molecule has 0 fully saturated rings. The lowest BCUT2D eigenvalue weighted by Crippen LogP contribution is -2.00. The van der Waals surface area contributed by atoms with Gasteiger partial charge in [-0.1, -0.05) is 5.92 Å². The van der Waals surface area contributed by atoms with Gasteiger partial charge in [-0.05, 0) is 18.6 Å².